The molecule has 0 saturated heterocycles. The third-order valence-corrected chi connectivity index (χ3v) is 3.27. The first-order chi connectivity index (χ1) is 8.95. The number of carboxylic acids is 1. The Kier molecular flexibility index (Phi) is 6.11. The minimum atomic E-state index is -1.15. The maximum Gasteiger partial charge on any atom is 0.326 e. The summed E-state index contributed by atoms with van der Waals surface area (Å²) in [7, 11) is 0. The van der Waals surface area contributed by atoms with E-state index in [9.17, 15) is 14.0 Å². The lowest BCUT2D eigenvalue weighted by atomic mass is 10.1. The van der Waals surface area contributed by atoms with Crippen molar-refractivity contribution in [3.05, 3.63) is 34.6 Å². The molecule has 2 N–H and O–H groups in total. The highest BCUT2D eigenvalue weighted by Crippen LogP contribution is 2.15. The minimum absolute atomic E-state index is 0.211. The number of halogens is 2. The van der Waals surface area contributed by atoms with Crippen LogP contribution in [0.3, 0.4) is 0 Å². The number of amides is 1. The maximum absolute atomic E-state index is 13.5. The van der Waals surface area contributed by atoms with Crippen molar-refractivity contribution >= 4 is 35.2 Å². The molecule has 19 heavy (non-hydrogen) atoms. The second-order valence-electron chi connectivity index (χ2n) is 3.77. The monoisotopic (exact) mass is 305 g/mol. The first kappa shape index (κ1) is 15.8. The molecule has 0 aliphatic heterocycles. The van der Waals surface area contributed by atoms with Gasteiger partial charge in [-0.05, 0) is 36.6 Å². The quantitative estimate of drug-likeness (QED) is 0.847. The van der Waals surface area contributed by atoms with Crippen LogP contribution in [-0.2, 0) is 4.79 Å². The first-order valence-corrected chi connectivity index (χ1v) is 7.20. The number of benzene rings is 1. The molecule has 0 radical (unpaired) electrons. The Hall–Kier alpha value is -1.27. The van der Waals surface area contributed by atoms with E-state index in [4.69, 9.17) is 16.7 Å². The van der Waals surface area contributed by atoms with E-state index in [1.54, 1.807) is 0 Å². The number of nitrogens with one attached hydrogen (secondary N) is 1. The number of thioether (sulfide) groups is 1. The van der Waals surface area contributed by atoms with E-state index in [1.165, 1.54) is 23.9 Å². The Labute approximate surface area is 119 Å². The highest BCUT2D eigenvalue weighted by Gasteiger charge is 2.21. The van der Waals surface area contributed by atoms with Gasteiger partial charge in [-0.2, -0.15) is 11.8 Å². The lowest BCUT2D eigenvalue weighted by molar-refractivity contribution is -0.139. The van der Waals surface area contributed by atoms with Gasteiger partial charge in [0.1, 0.15) is 11.9 Å². The molecule has 4 nitrogen and oxygen atoms in total. The fraction of sp³-hybridized carbons (Fsp3) is 0.333. The molecule has 0 heterocycles. The summed E-state index contributed by atoms with van der Waals surface area (Å²) in [6, 6.07) is 2.50. The Bertz CT molecular complexity index is 484. The van der Waals surface area contributed by atoms with E-state index in [-0.39, 0.29) is 17.0 Å². The summed E-state index contributed by atoms with van der Waals surface area (Å²) in [6.45, 7) is 0. The van der Waals surface area contributed by atoms with Crippen LogP contribution in [0, 0.1) is 5.82 Å². The van der Waals surface area contributed by atoms with Crippen LogP contribution in [-0.4, -0.2) is 35.0 Å². The predicted octanol–water partition coefficient (Wildman–Crippen LogP) is 2.42. The van der Waals surface area contributed by atoms with Gasteiger partial charge in [0.15, 0.2) is 0 Å². The highest BCUT2D eigenvalue weighted by atomic mass is 35.5. The molecule has 1 rings (SSSR count). The summed E-state index contributed by atoms with van der Waals surface area (Å²) < 4.78 is 13.5. The standard InChI is InChI=1S/C12H13ClFNO3S/c1-19-5-4-10(12(17)18)15-11(16)8-6-7(13)2-3-9(8)14/h2-3,6,10H,4-5H2,1H3,(H,15,16)(H,17,18). The van der Waals surface area contributed by atoms with Crippen LogP contribution in [0.4, 0.5) is 4.39 Å². The zero-order valence-corrected chi connectivity index (χ0v) is 11.7. The largest absolute Gasteiger partial charge is 0.480 e. The second kappa shape index (κ2) is 7.35. The average Bonchev–Trinajstić information content (AvgIpc) is 2.36. The Morgan fingerprint density at radius 3 is 2.79 bits per heavy atom. The lowest BCUT2D eigenvalue weighted by Gasteiger charge is -2.14. The summed E-state index contributed by atoms with van der Waals surface area (Å²) in [4.78, 5) is 22.8. The minimum Gasteiger partial charge on any atom is -0.480 e. The van der Waals surface area contributed by atoms with E-state index >= 15 is 0 Å². The predicted molar refractivity (Wildman–Crippen MR) is 73.3 cm³/mol. The van der Waals surface area contributed by atoms with Crippen LogP contribution in [0.1, 0.15) is 16.8 Å². The molecule has 1 unspecified atom stereocenters. The van der Waals surface area contributed by atoms with E-state index in [2.05, 4.69) is 5.32 Å². The third kappa shape index (κ3) is 4.72. The molecule has 7 heteroatoms. The fourth-order valence-corrected chi connectivity index (χ4v) is 2.04. The van der Waals surface area contributed by atoms with Gasteiger partial charge in [0.25, 0.3) is 5.91 Å². The molecule has 0 fully saturated rings. The molecule has 104 valence electrons. The van der Waals surface area contributed by atoms with Crippen molar-refractivity contribution in [2.24, 2.45) is 0 Å². The van der Waals surface area contributed by atoms with Crippen molar-refractivity contribution in [2.75, 3.05) is 12.0 Å². The zero-order chi connectivity index (χ0) is 14.4. The molecule has 0 aliphatic rings. The second-order valence-corrected chi connectivity index (χ2v) is 5.19. The first-order valence-electron chi connectivity index (χ1n) is 5.43. The number of aliphatic carboxylic acids is 1. The number of carbonyl (C=O) groups excluding carboxylic acids is 1. The van der Waals surface area contributed by atoms with Gasteiger partial charge >= 0.3 is 5.97 Å². The van der Waals surface area contributed by atoms with Crippen LogP contribution < -0.4 is 5.32 Å². The van der Waals surface area contributed by atoms with Crippen LogP contribution in [0.25, 0.3) is 0 Å². The van der Waals surface area contributed by atoms with Crippen molar-refractivity contribution in [1.29, 1.82) is 0 Å². The number of carboxylic acid groups (broad SMARTS) is 1. The highest BCUT2D eigenvalue weighted by molar-refractivity contribution is 7.98. The van der Waals surface area contributed by atoms with E-state index in [1.807, 2.05) is 6.26 Å². The SMILES string of the molecule is CSCCC(NC(=O)c1cc(Cl)ccc1F)C(=O)O. The van der Waals surface area contributed by atoms with Crippen molar-refractivity contribution in [2.45, 2.75) is 12.5 Å². The summed E-state index contributed by atoms with van der Waals surface area (Å²) in [5.74, 6) is -2.09. The zero-order valence-electron chi connectivity index (χ0n) is 10.2. The topological polar surface area (TPSA) is 66.4 Å². The van der Waals surface area contributed by atoms with E-state index in [0.29, 0.717) is 5.75 Å². The van der Waals surface area contributed by atoms with Crippen LogP contribution >= 0.6 is 23.4 Å². The number of hydrogen-bond donors (Lipinski definition) is 2. The molecule has 1 atom stereocenters. The number of hydrogen-bond acceptors (Lipinski definition) is 3. The molecule has 1 aromatic carbocycles. The third-order valence-electron chi connectivity index (χ3n) is 2.39. The summed E-state index contributed by atoms with van der Waals surface area (Å²) in [5, 5.41) is 11.5. The summed E-state index contributed by atoms with van der Waals surface area (Å²) in [6.07, 6.45) is 2.10. The number of rotatable bonds is 6. The van der Waals surface area contributed by atoms with E-state index < -0.39 is 23.7 Å². The van der Waals surface area contributed by atoms with Crippen LogP contribution in [0.15, 0.2) is 18.2 Å². The van der Waals surface area contributed by atoms with Gasteiger partial charge in [0.05, 0.1) is 5.56 Å². The molecule has 0 aliphatic carbocycles. The van der Waals surface area contributed by atoms with E-state index in [0.717, 1.165) is 6.07 Å². The Morgan fingerprint density at radius 1 is 1.53 bits per heavy atom. The van der Waals surface area contributed by atoms with Gasteiger partial charge in [-0.15, -0.1) is 0 Å². The van der Waals surface area contributed by atoms with Crippen molar-refractivity contribution < 1.29 is 19.1 Å². The number of carbonyl (C=O) groups is 2. The van der Waals surface area contributed by atoms with Crippen LogP contribution in [0.2, 0.25) is 5.02 Å². The van der Waals surface area contributed by atoms with Crippen molar-refractivity contribution in [3.8, 4) is 0 Å². The van der Waals surface area contributed by atoms with Gasteiger partial charge in [0, 0.05) is 5.02 Å². The van der Waals surface area contributed by atoms with Gasteiger partial charge in [-0.3, -0.25) is 4.79 Å². The summed E-state index contributed by atoms with van der Waals surface area (Å²) in [5.41, 5.74) is -0.261. The molecule has 0 bridgehead atoms. The van der Waals surface area contributed by atoms with Gasteiger partial charge in [0.2, 0.25) is 0 Å². The van der Waals surface area contributed by atoms with Crippen molar-refractivity contribution in [1.82, 2.24) is 5.32 Å². The van der Waals surface area contributed by atoms with Crippen LogP contribution in [0.5, 0.6) is 0 Å². The molecule has 0 spiro atoms. The lowest BCUT2D eigenvalue weighted by Crippen LogP contribution is -2.41. The molecule has 1 aromatic rings. The fourth-order valence-electron chi connectivity index (χ4n) is 1.40. The maximum atomic E-state index is 13.5. The molecule has 1 amide bonds. The molecular formula is C12H13ClFNO3S. The van der Waals surface area contributed by atoms with Gasteiger partial charge in [-0.1, -0.05) is 11.6 Å². The molecule has 0 saturated carbocycles. The normalized spacial score (nSPS) is 11.9. The van der Waals surface area contributed by atoms with Gasteiger partial charge < -0.3 is 10.4 Å². The Morgan fingerprint density at radius 2 is 2.21 bits per heavy atom. The van der Waals surface area contributed by atoms with Crippen molar-refractivity contribution in [3.63, 3.8) is 0 Å². The summed E-state index contributed by atoms with van der Waals surface area (Å²) >= 11 is 7.14. The average molecular weight is 306 g/mol. The Balaban J connectivity index is 2.81. The molecule has 0 aromatic heterocycles. The van der Waals surface area contributed by atoms with Gasteiger partial charge in [-0.25, -0.2) is 9.18 Å². The molecular weight excluding hydrogens is 293 g/mol. The smallest absolute Gasteiger partial charge is 0.326 e.